The Labute approximate surface area is 170 Å². The second-order valence-corrected chi connectivity index (χ2v) is 7.13. The SMILES string of the molecule is N#CCNC(=O)C(Cc1csc2ccccc12)NC(=O)c1ccccc1C(=O)O. The van der Waals surface area contributed by atoms with Crippen LogP contribution in [0.2, 0.25) is 0 Å². The fraction of sp³-hybridized carbons (Fsp3) is 0.143. The summed E-state index contributed by atoms with van der Waals surface area (Å²) in [7, 11) is 0. The van der Waals surface area contributed by atoms with Crippen molar-refractivity contribution in [2.24, 2.45) is 0 Å². The Kier molecular flexibility index (Phi) is 6.22. The van der Waals surface area contributed by atoms with E-state index in [-0.39, 0.29) is 24.1 Å². The number of benzene rings is 2. The number of nitrogens with zero attached hydrogens (tertiary/aromatic N) is 1. The minimum Gasteiger partial charge on any atom is -0.478 e. The molecule has 0 saturated heterocycles. The number of rotatable bonds is 7. The van der Waals surface area contributed by atoms with E-state index in [1.165, 1.54) is 29.5 Å². The third kappa shape index (κ3) is 4.59. The molecule has 0 aliphatic rings. The van der Waals surface area contributed by atoms with Crippen LogP contribution in [0.5, 0.6) is 0 Å². The molecule has 2 aromatic carbocycles. The topological polar surface area (TPSA) is 119 Å². The molecular formula is C21H17N3O4S. The zero-order valence-electron chi connectivity index (χ0n) is 15.2. The third-order valence-electron chi connectivity index (χ3n) is 4.35. The summed E-state index contributed by atoms with van der Waals surface area (Å²) in [5.74, 6) is -2.41. The highest BCUT2D eigenvalue weighted by atomic mass is 32.1. The number of aromatic carboxylic acids is 1. The average molecular weight is 407 g/mol. The van der Waals surface area contributed by atoms with Crippen LogP contribution in [0.4, 0.5) is 0 Å². The molecule has 29 heavy (non-hydrogen) atoms. The van der Waals surface area contributed by atoms with E-state index in [1.807, 2.05) is 35.7 Å². The minimum atomic E-state index is -1.23. The summed E-state index contributed by atoms with van der Waals surface area (Å²) in [4.78, 5) is 36.7. The summed E-state index contributed by atoms with van der Waals surface area (Å²) in [6.07, 6.45) is 0.211. The van der Waals surface area contributed by atoms with Crippen molar-refractivity contribution in [3.8, 4) is 6.07 Å². The van der Waals surface area contributed by atoms with Crippen LogP contribution < -0.4 is 10.6 Å². The first-order chi connectivity index (χ1) is 14.0. The molecule has 3 aromatic rings. The minimum absolute atomic E-state index is 0.0340. The Hall–Kier alpha value is -3.70. The van der Waals surface area contributed by atoms with Crippen LogP contribution in [-0.4, -0.2) is 35.5 Å². The molecule has 1 aromatic heterocycles. The molecule has 1 atom stereocenters. The molecule has 0 spiro atoms. The molecule has 1 heterocycles. The van der Waals surface area contributed by atoms with Gasteiger partial charge in [-0.25, -0.2) is 4.79 Å². The number of carboxylic acids is 1. The maximum atomic E-state index is 12.7. The highest BCUT2D eigenvalue weighted by Crippen LogP contribution is 2.26. The molecule has 0 bridgehead atoms. The fourth-order valence-electron chi connectivity index (χ4n) is 2.97. The second-order valence-electron chi connectivity index (χ2n) is 6.21. The van der Waals surface area contributed by atoms with Gasteiger partial charge in [0.25, 0.3) is 5.91 Å². The van der Waals surface area contributed by atoms with Crippen LogP contribution in [0.3, 0.4) is 0 Å². The van der Waals surface area contributed by atoms with E-state index < -0.39 is 23.8 Å². The van der Waals surface area contributed by atoms with Gasteiger partial charge in [0.2, 0.25) is 5.91 Å². The molecule has 0 radical (unpaired) electrons. The molecule has 8 heteroatoms. The second kappa shape index (κ2) is 8.99. The van der Waals surface area contributed by atoms with Gasteiger partial charge in [0, 0.05) is 11.1 Å². The number of hydrogen-bond acceptors (Lipinski definition) is 5. The van der Waals surface area contributed by atoms with Crippen molar-refractivity contribution in [2.75, 3.05) is 6.54 Å². The lowest BCUT2D eigenvalue weighted by Gasteiger charge is -2.18. The Balaban J connectivity index is 1.88. The van der Waals surface area contributed by atoms with E-state index in [0.29, 0.717) is 0 Å². The Morgan fingerprint density at radius 1 is 1.07 bits per heavy atom. The molecule has 7 nitrogen and oxygen atoms in total. The summed E-state index contributed by atoms with van der Waals surface area (Å²) >= 11 is 1.53. The number of nitriles is 1. The molecule has 2 amide bonds. The highest BCUT2D eigenvalue weighted by molar-refractivity contribution is 7.17. The highest BCUT2D eigenvalue weighted by Gasteiger charge is 2.25. The standard InChI is InChI=1S/C21H17N3O4S/c22-9-10-23-20(26)17(11-13-12-29-18-8-4-3-5-14(13)18)24-19(25)15-6-1-2-7-16(15)21(27)28/h1-8,12,17H,10-11H2,(H,23,26)(H,24,25)(H,27,28). The molecule has 3 rings (SSSR count). The predicted molar refractivity (Wildman–Crippen MR) is 109 cm³/mol. The van der Waals surface area contributed by atoms with Crippen LogP contribution in [0.15, 0.2) is 53.9 Å². The number of carbonyl (C=O) groups is 3. The summed E-state index contributed by atoms with van der Waals surface area (Å²) in [5.41, 5.74) is 0.699. The van der Waals surface area contributed by atoms with Gasteiger partial charge in [-0.3, -0.25) is 9.59 Å². The van der Waals surface area contributed by atoms with E-state index in [9.17, 15) is 19.5 Å². The molecule has 0 fully saturated rings. The predicted octanol–water partition coefficient (Wildman–Crippen LogP) is 2.58. The van der Waals surface area contributed by atoms with E-state index in [1.54, 1.807) is 6.07 Å². The first-order valence-corrected chi connectivity index (χ1v) is 9.62. The number of hydrogen-bond donors (Lipinski definition) is 3. The maximum Gasteiger partial charge on any atom is 0.336 e. The van der Waals surface area contributed by atoms with E-state index in [4.69, 9.17) is 5.26 Å². The van der Waals surface area contributed by atoms with Crippen molar-refractivity contribution in [3.05, 3.63) is 70.6 Å². The number of nitrogens with one attached hydrogen (secondary N) is 2. The normalized spacial score (nSPS) is 11.4. The molecule has 1 unspecified atom stereocenters. The lowest BCUT2D eigenvalue weighted by Crippen LogP contribution is -2.48. The van der Waals surface area contributed by atoms with Crippen molar-refractivity contribution < 1.29 is 19.5 Å². The van der Waals surface area contributed by atoms with Crippen LogP contribution in [0.25, 0.3) is 10.1 Å². The number of carboxylic acid groups (broad SMARTS) is 1. The van der Waals surface area contributed by atoms with Crippen molar-refractivity contribution in [1.82, 2.24) is 10.6 Å². The molecule has 0 aliphatic heterocycles. The smallest absolute Gasteiger partial charge is 0.336 e. The summed E-state index contributed by atoms with van der Waals surface area (Å²) in [6.45, 7) is -0.193. The van der Waals surface area contributed by atoms with Crippen LogP contribution >= 0.6 is 11.3 Å². The first-order valence-electron chi connectivity index (χ1n) is 8.74. The van der Waals surface area contributed by atoms with Crippen LogP contribution in [0.1, 0.15) is 26.3 Å². The van der Waals surface area contributed by atoms with Gasteiger partial charge in [0.15, 0.2) is 0 Å². The van der Waals surface area contributed by atoms with Crippen LogP contribution in [0, 0.1) is 11.3 Å². The van der Waals surface area contributed by atoms with Gasteiger partial charge >= 0.3 is 5.97 Å². The average Bonchev–Trinajstić information content (AvgIpc) is 3.14. The van der Waals surface area contributed by atoms with Crippen molar-refractivity contribution in [1.29, 1.82) is 5.26 Å². The van der Waals surface area contributed by atoms with Gasteiger partial charge in [-0.2, -0.15) is 5.26 Å². The quantitative estimate of drug-likeness (QED) is 0.520. The molecule has 0 saturated carbocycles. The fourth-order valence-corrected chi connectivity index (χ4v) is 3.95. The zero-order chi connectivity index (χ0) is 20.8. The maximum absolute atomic E-state index is 12.7. The lowest BCUT2D eigenvalue weighted by molar-refractivity contribution is -0.122. The summed E-state index contributed by atoms with van der Waals surface area (Å²) < 4.78 is 1.06. The van der Waals surface area contributed by atoms with Gasteiger partial charge in [-0.15, -0.1) is 11.3 Å². The Morgan fingerprint density at radius 2 is 1.76 bits per heavy atom. The van der Waals surface area contributed by atoms with Crippen molar-refractivity contribution in [3.63, 3.8) is 0 Å². The van der Waals surface area contributed by atoms with Gasteiger partial charge < -0.3 is 15.7 Å². The molecule has 3 N–H and O–H groups in total. The molecule has 0 aliphatic carbocycles. The number of fused-ring (bicyclic) bond motifs is 1. The zero-order valence-corrected chi connectivity index (χ0v) is 16.0. The molecular weight excluding hydrogens is 390 g/mol. The Morgan fingerprint density at radius 3 is 2.48 bits per heavy atom. The summed E-state index contributed by atoms with van der Waals surface area (Å²) in [6, 6.07) is 14.4. The third-order valence-corrected chi connectivity index (χ3v) is 5.36. The monoisotopic (exact) mass is 407 g/mol. The van der Waals surface area contributed by atoms with Gasteiger partial charge in [0.1, 0.15) is 12.6 Å². The Bertz CT molecular complexity index is 1120. The van der Waals surface area contributed by atoms with Crippen LogP contribution in [-0.2, 0) is 11.2 Å². The van der Waals surface area contributed by atoms with Gasteiger partial charge in [-0.05, 0) is 34.5 Å². The molecule has 146 valence electrons. The summed E-state index contributed by atoms with van der Waals surface area (Å²) in [5, 5.41) is 26.0. The van der Waals surface area contributed by atoms with Crippen molar-refractivity contribution in [2.45, 2.75) is 12.5 Å². The van der Waals surface area contributed by atoms with Gasteiger partial charge in [0.05, 0.1) is 17.2 Å². The van der Waals surface area contributed by atoms with Gasteiger partial charge in [-0.1, -0.05) is 30.3 Å². The number of carbonyl (C=O) groups excluding carboxylic acids is 2. The van der Waals surface area contributed by atoms with E-state index in [2.05, 4.69) is 10.6 Å². The van der Waals surface area contributed by atoms with Crippen molar-refractivity contribution >= 4 is 39.2 Å². The van der Waals surface area contributed by atoms with E-state index in [0.717, 1.165) is 15.6 Å². The number of amides is 2. The van der Waals surface area contributed by atoms with E-state index >= 15 is 0 Å². The largest absolute Gasteiger partial charge is 0.478 e. The number of thiophene rings is 1. The first kappa shape index (κ1) is 20.0. The lowest BCUT2D eigenvalue weighted by atomic mass is 10.0.